The molecule has 0 aromatic carbocycles. The van der Waals surface area contributed by atoms with Crippen molar-refractivity contribution in [3.63, 3.8) is 0 Å². The fourth-order valence-corrected chi connectivity index (χ4v) is 1.58. The van der Waals surface area contributed by atoms with Crippen LogP contribution >= 0.6 is 0 Å². The van der Waals surface area contributed by atoms with E-state index in [1.165, 1.54) is 0 Å². The van der Waals surface area contributed by atoms with Crippen LogP contribution in [0.1, 0.15) is 39.5 Å². The number of halogens is 9. The summed E-state index contributed by atoms with van der Waals surface area (Å²) in [7, 11) is 0. The lowest BCUT2D eigenvalue weighted by Crippen LogP contribution is -2.62. The fraction of sp³-hybridized carbons (Fsp3) is 1.00. The molecule has 0 aliphatic carbocycles. The number of hydrogen-bond acceptors (Lipinski definition) is 0. The first-order valence-corrected chi connectivity index (χ1v) is 5.93. The van der Waals surface area contributed by atoms with E-state index in [-0.39, 0.29) is 6.42 Å². The van der Waals surface area contributed by atoms with Gasteiger partial charge in [0.05, 0.1) is 0 Å². The van der Waals surface area contributed by atoms with Gasteiger partial charge in [-0.15, -0.1) is 0 Å². The minimum atomic E-state index is -6.79. The minimum Gasteiger partial charge on any atom is -0.199 e. The molecule has 0 spiro atoms. The molecule has 0 aromatic heterocycles. The Balaban J connectivity index is 5.25. The van der Waals surface area contributed by atoms with Crippen molar-refractivity contribution in [1.82, 2.24) is 0 Å². The van der Waals surface area contributed by atoms with Crippen LogP contribution in [0.15, 0.2) is 0 Å². The smallest absolute Gasteiger partial charge is 0.199 e. The van der Waals surface area contributed by atoms with E-state index in [1.54, 1.807) is 6.92 Å². The van der Waals surface area contributed by atoms with Gasteiger partial charge in [0.2, 0.25) is 0 Å². The van der Waals surface area contributed by atoms with Gasteiger partial charge in [0.25, 0.3) is 0 Å². The van der Waals surface area contributed by atoms with Crippen LogP contribution in [0.5, 0.6) is 0 Å². The van der Waals surface area contributed by atoms with E-state index >= 15 is 0 Å². The van der Waals surface area contributed by atoms with Gasteiger partial charge in [-0.25, -0.2) is 0 Å². The third-order valence-electron chi connectivity index (χ3n) is 3.03. The average molecular weight is 318 g/mol. The summed E-state index contributed by atoms with van der Waals surface area (Å²) in [5, 5.41) is 0. The monoisotopic (exact) mass is 318 g/mol. The largest absolute Gasteiger partial charge is 0.460 e. The first-order valence-electron chi connectivity index (χ1n) is 5.93. The molecule has 0 N–H and O–H groups in total. The van der Waals surface area contributed by atoms with Crippen LogP contribution in [0.2, 0.25) is 0 Å². The van der Waals surface area contributed by atoms with Crippen LogP contribution in [-0.4, -0.2) is 23.9 Å². The van der Waals surface area contributed by atoms with E-state index < -0.39 is 36.3 Å². The maximum atomic E-state index is 13.3. The molecule has 9 heteroatoms. The SMILES string of the molecule is CCCCCC(C)C(F)(F)C(F)(F)C(F)(F)C(F)(F)F. The Morgan fingerprint density at radius 3 is 1.55 bits per heavy atom. The summed E-state index contributed by atoms with van der Waals surface area (Å²) in [6, 6.07) is 0. The summed E-state index contributed by atoms with van der Waals surface area (Å²) in [6.45, 7) is 2.23. The zero-order valence-electron chi connectivity index (χ0n) is 10.8. The summed E-state index contributed by atoms with van der Waals surface area (Å²) >= 11 is 0. The molecular weight excluding hydrogens is 303 g/mol. The predicted molar refractivity (Wildman–Crippen MR) is 54.2 cm³/mol. The van der Waals surface area contributed by atoms with E-state index in [9.17, 15) is 39.5 Å². The van der Waals surface area contributed by atoms with Crippen molar-refractivity contribution in [3.8, 4) is 0 Å². The normalized spacial score (nSPS) is 16.4. The second kappa shape index (κ2) is 6.01. The quantitative estimate of drug-likeness (QED) is 0.419. The first-order chi connectivity index (χ1) is 8.73. The van der Waals surface area contributed by atoms with Gasteiger partial charge in [-0.1, -0.05) is 33.1 Å². The van der Waals surface area contributed by atoms with Crippen LogP contribution in [0.4, 0.5) is 39.5 Å². The topological polar surface area (TPSA) is 0 Å². The number of hydrogen-bond donors (Lipinski definition) is 0. The maximum Gasteiger partial charge on any atom is 0.460 e. The van der Waals surface area contributed by atoms with E-state index in [4.69, 9.17) is 0 Å². The summed E-state index contributed by atoms with van der Waals surface area (Å²) in [6.07, 6.45) is -6.32. The van der Waals surface area contributed by atoms with Crippen molar-refractivity contribution in [3.05, 3.63) is 0 Å². The molecule has 0 rings (SSSR count). The van der Waals surface area contributed by atoms with E-state index in [2.05, 4.69) is 0 Å². The highest BCUT2D eigenvalue weighted by Gasteiger charge is 2.82. The molecule has 0 amide bonds. The van der Waals surface area contributed by atoms with Crippen LogP contribution in [-0.2, 0) is 0 Å². The van der Waals surface area contributed by atoms with E-state index in [1.807, 2.05) is 0 Å². The van der Waals surface area contributed by atoms with Crippen molar-refractivity contribution < 1.29 is 39.5 Å². The highest BCUT2D eigenvalue weighted by Crippen LogP contribution is 2.55. The van der Waals surface area contributed by atoms with Crippen molar-refractivity contribution in [2.75, 3.05) is 0 Å². The average Bonchev–Trinajstić information content (AvgIpc) is 2.27. The van der Waals surface area contributed by atoms with Crippen LogP contribution in [0.25, 0.3) is 0 Å². The highest BCUT2D eigenvalue weighted by atomic mass is 19.4. The number of rotatable bonds is 7. The molecule has 1 unspecified atom stereocenters. The van der Waals surface area contributed by atoms with Gasteiger partial charge in [0, 0.05) is 5.92 Å². The summed E-state index contributed by atoms with van der Waals surface area (Å²) in [5.74, 6) is -21.0. The maximum absolute atomic E-state index is 13.3. The Kier molecular flexibility index (Phi) is 5.82. The van der Waals surface area contributed by atoms with E-state index in [0.29, 0.717) is 19.8 Å². The van der Waals surface area contributed by atoms with Crippen molar-refractivity contribution in [1.29, 1.82) is 0 Å². The van der Waals surface area contributed by atoms with Crippen LogP contribution < -0.4 is 0 Å². The molecule has 1 atom stereocenters. The van der Waals surface area contributed by atoms with E-state index in [0.717, 1.165) is 0 Å². The molecule has 0 nitrogen and oxygen atoms in total. The molecule has 0 saturated heterocycles. The zero-order chi connectivity index (χ0) is 16.4. The third kappa shape index (κ3) is 3.33. The van der Waals surface area contributed by atoms with Gasteiger partial charge in [0.1, 0.15) is 0 Å². The molecule has 0 fully saturated rings. The molecule has 0 heterocycles. The number of unbranched alkanes of at least 4 members (excludes halogenated alkanes) is 2. The van der Waals surface area contributed by atoms with Gasteiger partial charge >= 0.3 is 23.9 Å². The van der Waals surface area contributed by atoms with Gasteiger partial charge in [-0.2, -0.15) is 39.5 Å². The minimum absolute atomic E-state index is 0.0426. The van der Waals surface area contributed by atoms with Crippen molar-refractivity contribution in [2.24, 2.45) is 5.92 Å². The lowest BCUT2D eigenvalue weighted by atomic mass is 9.89. The van der Waals surface area contributed by atoms with Crippen molar-refractivity contribution >= 4 is 0 Å². The zero-order valence-corrected chi connectivity index (χ0v) is 10.8. The van der Waals surface area contributed by atoms with Gasteiger partial charge < -0.3 is 0 Å². The summed E-state index contributed by atoms with van der Waals surface area (Å²) in [4.78, 5) is 0. The Bertz CT molecular complexity index is 306. The van der Waals surface area contributed by atoms with Crippen LogP contribution in [0.3, 0.4) is 0 Å². The molecule has 0 aliphatic heterocycles. The highest BCUT2D eigenvalue weighted by molar-refractivity contribution is 5.02. The second-order valence-corrected chi connectivity index (χ2v) is 4.67. The Hall–Kier alpha value is -0.630. The molecule has 0 bridgehead atoms. The van der Waals surface area contributed by atoms with Gasteiger partial charge in [-0.05, 0) is 6.42 Å². The summed E-state index contributed by atoms with van der Waals surface area (Å²) < 4.78 is 113. The molecule has 20 heavy (non-hydrogen) atoms. The van der Waals surface area contributed by atoms with Crippen LogP contribution in [0, 0.1) is 5.92 Å². The molecule has 0 radical (unpaired) electrons. The fourth-order valence-electron chi connectivity index (χ4n) is 1.58. The molecular formula is C11H15F9. The first kappa shape index (κ1) is 19.4. The van der Waals surface area contributed by atoms with Gasteiger partial charge in [-0.3, -0.25) is 0 Å². The molecule has 0 aliphatic rings. The second-order valence-electron chi connectivity index (χ2n) is 4.67. The Morgan fingerprint density at radius 1 is 0.750 bits per heavy atom. The number of alkyl halides is 9. The Labute approximate surface area is 110 Å². The molecule has 122 valence electrons. The third-order valence-corrected chi connectivity index (χ3v) is 3.03. The lowest BCUT2D eigenvalue weighted by Gasteiger charge is -2.36. The standard InChI is InChI=1S/C11H15F9/c1-3-4-5-6-7(2)8(12,13)9(14,15)10(16,17)11(18,19)20/h7H,3-6H2,1-2H3. The molecule has 0 saturated carbocycles. The summed E-state index contributed by atoms with van der Waals surface area (Å²) in [5.41, 5.74) is 0. The van der Waals surface area contributed by atoms with Crippen molar-refractivity contribution in [2.45, 2.75) is 63.5 Å². The van der Waals surface area contributed by atoms with Gasteiger partial charge in [0.15, 0.2) is 0 Å². The lowest BCUT2D eigenvalue weighted by molar-refractivity contribution is -0.402. The Morgan fingerprint density at radius 2 is 1.20 bits per heavy atom. The molecule has 0 aromatic rings. The predicted octanol–water partition coefficient (Wildman–Crippen LogP) is 5.67.